The van der Waals surface area contributed by atoms with E-state index in [4.69, 9.17) is 4.74 Å². The first-order valence-corrected chi connectivity index (χ1v) is 11.5. The van der Waals surface area contributed by atoms with Gasteiger partial charge in [-0.15, -0.1) is 0 Å². The number of halogens is 4. The number of aromatic nitrogens is 3. The molecule has 4 rings (SSSR count). The second kappa shape index (κ2) is 10.4. The van der Waals surface area contributed by atoms with Gasteiger partial charge in [-0.3, -0.25) is 9.78 Å². The molecule has 0 fully saturated rings. The Kier molecular flexibility index (Phi) is 7.28. The summed E-state index contributed by atoms with van der Waals surface area (Å²) in [6.07, 6.45) is -0.319. The zero-order valence-electron chi connectivity index (χ0n) is 20.4. The highest BCUT2D eigenvalue weighted by atomic mass is 19.4. The third kappa shape index (κ3) is 6.14. The van der Waals surface area contributed by atoms with E-state index in [0.717, 1.165) is 17.7 Å². The quantitative estimate of drug-likeness (QED) is 0.296. The molecular weight excluding hydrogens is 488 g/mol. The number of hydrogen-bond acceptors (Lipinski definition) is 4. The van der Waals surface area contributed by atoms with Crippen molar-refractivity contribution in [3.63, 3.8) is 0 Å². The van der Waals surface area contributed by atoms with Gasteiger partial charge in [-0.1, -0.05) is 12.1 Å². The van der Waals surface area contributed by atoms with Crippen LogP contribution in [-0.2, 0) is 17.4 Å². The third-order valence-corrected chi connectivity index (χ3v) is 5.58. The first-order chi connectivity index (χ1) is 17.5. The van der Waals surface area contributed by atoms with Gasteiger partial charge in [0, 0.05) is 23.6 Å². The molecule has 2 aromatic heterocycles. The van der Waals surface area contributed by atoms with Crippen LogP contribution < -0.4 is 10.1 Å². The third-order valence-electron chi connectivity index (χ3n) is 5.58. The highest BCUT2D eigenvalue weighted by Gasteiger charge is 2.31. The molecule has 0 saturated carbocycles. The van der Waals surface area contributed by atoms with Gasteiger partial charge in [0.2, 0.25) is 5.91 Å². The lowest BCUT2D eigenvalue weighted by molar-refractivity contribution is -0.137. The van der Waals surface area contributed by atoms with E-state index < -0.39 is 23.5 Å². The number of pyridine rings is 1. The molecule has 37 heavy (non-hydrogen) atoms. The maximum absolute atomic E-state index is 14.9. The van der Waals surface area contributed by atoms with E-state index in [1.54, 1.807) is 38.4 Å². The summed E-state index contributed by atoms with van der Waals surface area (Å²) in [6.45, 7) is 5.88. The average Bonchev–Trinajstić information content (AvgIpc) is 3.27. The van der Waals surface area contributed by atoms with Crippen LogP contribution in [0.2, 0.25) is 0 Å². The summed E-state index contributed by atoms with van der Waals surface area (Å²) >= 11 is 0. The second-order valence-corrected chi connectivity index (χ2v) is 8.50. The Bertz CT molecular complexity index is 1450. The first kappa shape index (κ1) is 25.9. The lowest BCUT2D eigenvalue weighted by Crippen LogP contribution is -2.16. The smallest absolute Gasteiger partial charge is 0.416 e. The summed E-state index contributed by atoms with van der Waals surface area (Å²) in [5.41, 5.74) is 1.88. The summed E-state index contributed by atoms with van der Waals surface area (Å²) < 4.78 is 62.1. The zero-order valence-corrected chi connectivity index (χ0v) is 20.4. The van der Waals surface area contributed by atoms with Crippen molar-refractivity contribution in [3.8, 4) is 22.6 Å². The van der Waals surface area contributed by atoms with Gasteiger partial charge >= 0.3 is 6.18 Å². The molecule has 10 heteroatoms. The molecule has 0 unspecified atom stereocenters. The number of aryl methyl sites for hydroxylation is 2. The molecule has 1 amide bonds. The molecule has 0 bridgehead atoms. The Labute approximate surface area is 210 Å². The monoisotopic (exact) mass is 512 g/mol. The second-order valence-electron chi connectivity index (χ2n) is 8.50. The SMILES string of the molecule is CCOc1cc(-c2ccc(CC(=O)Nc3cc(-n4cc(C)cn4)cc(C(F)(F)F)c3)c(F)c2)cnc1C. The first-order valence-electron chi connectivity index (χ1n) is 11.5. The standard InChI is InChI=1S/C27H24F4N4O2/c1-4-37-25-8-20(14-32-17(25)3)18-5-6-19(24(28)7-18)9-26(36)34-22-10-21(27(29,30)31)11-23(12-22)35-15-16(2)13-33-35/h5-8,10-15H,4,9H2,1-3H3,(H,34,36). The van der Waals surface area contributed by atoms with Crippen LogP contribution in [-0.4, -0.2) is 27.3 Å². The molecule has 0 saturated heterocycles. The van der Waals surface area contributed by atoms with Gasteiger partial charge in [-0.25, -0.2) is 9.07 Å². The summed E-state index contributed by atoms with van der Waals surface area (Å²) in [5, 5.41) is 6.49. The molecule has 0 aliphatic carbocycles. The number of anilines is 1. The minimum absolute atomic E-state index is 0.0748. The molecule has 0 atom stereocenters. The van der Waals surface area contributed by atoms with E-state index in [1.165, 1.54) is 29.1 Å². The van der Waals surface area contributed by atoms with Crippen molar-refractivity contribution in [2.24, 2.45) is 0 Å². The van der Waals surface area contributed by atoms with Crippen molar-refractivity contribution in [1.29, 1.82) is 0 Å². The molecule has 2 aromatic carbocycles. The molecular formula is C27H24F4N4O2. The highest BCUT2D eigenvalue weighted by molar-refractivity contribution is 5.92. The Hall–Kier alpha value is -4.21. The van der Waals surface area contributed by atoms with Gasteiger partial charge in [0.05, 0.1) is 36.2 Å². The number of benzene rings is 2. The predicted molar refractivity (Wildman–Crippen MR) is 131 cm³/mol. The van der Waals surface area contributed by atoms with Crippen molar-refractivity contribution >= 4 is 11.6 Å². The molecule has 0 spiro atoms. The van der Waals surface area contributed by atoms with Crippen molar-refractivity contribution in [1.82, 2.24) is 14.8 Å². The molecule has 0 aliphatic rings. The Balaban J connectivity index is 1.54. The number of nitrogens with one attached hydrogen (secondary N) is 1. The van der Waals surface area contributed by atoms with E-state index >= 15 is 0 Å². The van der Waals surface area contributed by atoms with Crippen molar-refractivity contribution < 1.29 is 27.1 Å². The highest BCUT2D eigenvalue weighted by Crippen LogP contribution is 2.33. The summed E-state index contributed by atoms with van der Waals surface area (Å²) in [5.74, 6) is -0.693. The number of amides is 1. The zero-order chi connectivity index (χ0) is 26.7. The number of carbonyl (C=O) groups is 1. The fraction of sp³-hybridized carbons (Fsp3) is 0.222. The fourth-order valence-corrected chi connectivity index (χ4v) is 3.75. The summed E-state index contributed by atoms with van der Waals surface area (Å²) in [7, 11) is 0. The normalized spacial score (nSPS) is 11.4. The molecule has 1 N–H and O–H groups in total. The van der Waals surface area contributed by atoms with E-state index in [2.05, 4.69) is 15.4 Å². The van der Waals surface area contributed by atoms with Crippen LogP contribution in [0.1, 0.15) is 29.3 Å². The van der Waals surface area contributed by atoms with Gasteiger partial charge in [0.15, 0.2) is 0 Å². The van der Waals surface area contributed by atoms with Crippen LogP contribution in [0.5, 0.6) is 5.75 Å². The maximum Gasteiger partial charge on any atom is 0.416 e. The van der Waals surface area contributed by atoms with E-state index in [9.17, 15) is 22.4 Å². The van der Waals surface area contributed by atoms with Crippen LogP contribution in [0.4, 0.5) is 23.2 Å². The Morgan fingerprint density at radius 3 is 2.49 bits per heavy atom. The topological polar surface area (TPSA) is 69.0 Å². The molecule has 6 nitrogen and oxygen atoms in total. The average molecular weight is 513 g/mol. The fourth-order valence-electron chi connectivity index (χ4n) is 3.75. The number of carbonyl (C=O) groups excluding carboxylic acids is 1. The number of ether oxygens (including phenoxy) is 1. The van der Waals surface area contributed by atoms with Crippen LogP contribution >= 0.6 is 0 Å². The lowest BCUT2D eigenvalue weighted by Gasteiger charge is -2.14. The minimum atomic E-state index is -4.63. The summed E-state index contributed by atoms with van der Waals surface area (Å²) in [4.78, 5) is 16.9. The van der Waals surface area contributed by atoms with Crippen LogP contribution in [0, 0.1) is 19.7 Å². The van der Waals surface area contributed by atoms with Gasteiger partial charge in [-0.05, 0) is 67.8 Å². The summed E-state index contributed by atoms with van der Waals surface area (Å²) in [6, 6.07) is 9.31. The van der Waals surface area contributed by atoms with Gasteiger partial charge < -0.3 is 10.1 Å². The van der Waals surface area contributed by atoms with E-state index in [1.807, 2.05) is 6.92 Å². The molecule has 0 aliphatic heterocycles. The Morgan fingerprint density at radius 1 is 1.05 bits per heavy atom. The van der Waals surface area contributed by atoms with Crippen LogP contribution in [0.3, 0.4) is 0 Å². The number of hydrogen-bond donors (Lipinski definition) is 1. The molecule has 0 radical (unpaired) electrons. The van der Waals surface area contributed by atoms with Crippen LogP contribution in [0.15, 0.2) is 61.1 Å². The largest absolute Gasteiger partial charge is 0.492 e. The lowest BCUT2D eigenvalue weighted by atomic mass is 10.0. The molecule has 192 valence electrons. The minimum Gasteiger partial charge on any atom is -0.492 e. The predicted octanol–water partition coefficient (Wildman–Crippen LogP) is 6.29. The maximum atomic E-state index is 14.9. The van der Waals surface area contributed by atoms with Gasteiger partial charge in [0.25, 0.3) is 0 Å². The van der Waals surface area contributed by atoms with Crippen molar-refractivity contribution in [2.75, 3.05) is 11.9 Å². The van der Waals surface area contributed by atoms with E-state index in [0.29, 0.717) is 29.2 Å². The number of rotatable bonds is 7. The molecule has 2 heterocycles. The molecule has 4 aromatic rings. The van der Waals surface area contributed by atoms with Crippen LogP contribution in [0.25, 0.3) is 16.8 Å². The number of nitrogens with zero attached hydrogens (tertiary/aromatic N) is 3. The number of alkyl halides is 3. The van der Waals surface area contributed by atoms with Crippen molar-refractivity contribution in [2.45, 2.75) is 33.4 Å². The van der Waals surface area contributed by atoms with Crippen molar-refractivity contribution in [3.05, 3.63) is 89.3 Å². The Morgan fingerprint density at radius 2 is 1.84 bits per heavy atom. The van der Waals surface area contributed by atoms with Gasteiger partial charge in [-0.2, -0.15) is 18.3 Å². The van der Waals surface area contributed by atoms with E-state index in [-0.39, 0.29) is 23.4 Å². The van der Waals surface area contributed by atoms with Gasteiger partial charge in [0.1, 0.15) is 11.6 Å².